The Morgan fingerprint density at radius 2 is 1.43 bits per heavy atom. The molecule has 4 aromatic carbocycles. The maximum absolute atomic E-state index is 13.5. The maximum atomic E-state index is 13.5. The summed E-state index contributed by atoms with van der Waals surface area (Å²) in [5, 5.41) is 7.01. The number of likely N-dealkylation sites (tertiary alicyclic amines) is 1. The molecule has 2 fully saturated rings. The third-order valence-corrected chi connectivity index (χ3v) is 11.7. The van der Waals surface area contributed by atoms with E-state index in [9.17, 15) is 27.2 Å². The Kier molecular flexibility index (Phi) is 13.4. The van der Waals surface area contributed by atoms with Gasteiger partial charge < -0.3 is 15.5 Å². The van der Waals surface area contributed by atoms with E-state index in [1.165, 1.54) is 27.7 Å². The number of hydrogen-bond acceptors (Lipinski definition) is 6. The molecule has 2 N–H and O–H groups in total. The number of amides is 3. The van der Waals surface area contributed by atoms with Crippen LogP contribution in [0, 0.1) is 0 Å². The Morgan fingerprint density at radius 3 is 2.04 bits per heavy atom. The number of carbonyl (C=O) groups excluding carboxylic acids is 3. The molecule has 2 heterocycles. The van der Waals surface area contributed by atoms with Crippen molar-refractivity contribution in [2.24, 2.45) is 0 Å². The van der Waals surface area contributed by atoms with Gasteiger partial charge in [0, 0.05) is 58.3 Å². The van der Waals surface area contributed by atoms with Gasteiger partial charge in [0.15, 0.2) is 0 Å². The van der Waals surface area contributed by atoms with Crippen molar-refractivity contribution in [2.75, 3.05) is 17.4 Å². The van der Waals surface area contributed by atoms with Gasteiger partial charge in [-0.25, -0.2) is 12.8 Å². The molecule has 0 radical (unpaired) electrons. The van der Waals surface area contributed by atoms with Gasteiger partial charge in [0.2, 0.25) is 0 Å². The summed E-state index contributed by atoms with van der Waals surface area (Å²) < 4.78 is 41.5. The average Bonchev–Trinajstić information content (AvgIpc) is 3.65. The van der Waals surface area contributed by atoms with Crippen molar-refractivity contribution in [3.05, 3.63) is 159 Å². The van der Waals surface area contributed by atoms with Crippen LogP contribution in [0.3, 0.4) is 0 Å². The molecule has 290 valence electrons. The molecule has 0 bridgehead atoms. The molecule has 1 atom stereocenters. The molecule has 5 aromatic rings. The van der Waals surface area contributed by atoms with Gasteiger partial charge in [0.05, 0.1) is 18.8 Å². The average molecular weight is 817 g/mol. The summed E-state index contributed by atoms with van der Waals surface area (Å²) >= 11 is 11.8. The SMILES string of the molecule is O=C(NC1CCC1)c1cccc(N(Cc2ccc(Cl)cc2)S(=O)(=O)c2cccnc2)c1.O=C(NCc1ccc(Cl)cc1)c1cccc(C(=O)N2CC[C@@H](F)C2)c1. The number of halogens is 3. The standard InChI is InChI=1S/C23H22ClN3O3S.C19H18ClFN2O2/c24-19-11-9-17(10-12-19)16-27(31(29,30)22-8-3-13-25-15-22)21-7-1-4-18(14-21)23(28)26-20-5-2-6-20;20-16-6-4-13(5-7-16)11-22-18(24)14-2-1-3-15(10-14)19(25)23-9-8-17(21)12-23/h1,3-4,7-15,20H,2,5-6,16H2,(H,26,28);1-7,10,17H,8-9,11-12H2,(H,22,24)/t;17-/m.1/s1. The molecule has 1 aliphatic heterocycles. The van der Waals surface area contributed by atoms with Gasteiger partial charge in [0.1, 0.15) is 11.1 Å². The second-order valence-corrected chi connectivity index (χ2v) is 16.2. The highest BCUT2D eigenvalue weighted by molar-refractivity contribution is 7.92. The zero-order valence-electron chi connectivity index (χ0n) is 30.3. The molecule has 1 saturated carbocycles. The molecule has 7 rings (SSSR count). The number of anilines is 1. The van der Waals surface area contributed by atoms with Gasteiger partial charge in [0.25, 0.3) is 27.7 Å². The fraction of sp³-hybridized carbons (Fsp3) is 0.238. The second-order valence-electron chi connectivity index (χ2n) is 13.5. The zero-order chi connectivity index (χ0) is 39.7. The molecule has 1 saturated heterocycles. The topological polar surface area (TPSA) is 129 Å². The quantitative estimate of drug-likeness (QED) is 0.140. The monoisotopic (exact) mass is 815 g/mol. The first-order chi connectivity index (χ1) is 27.0. The lowest BCUT2D eigenvalue weighted by Crippen LogP contribution is -2.39. The Labute approximate surface area is 335 Å². The highest BCUT2D eigenvalue weighted by Gasteiger charge is 2.28. The van der Waals surface area contributed by atoms with Crippen molar-refractivity contribution < 1.29 is 27.2 Å². The second kappa shape index (κ2) is 18.6. The highest BCUT2D eigenvalue weighted by Crippen LogP contribution is 2.28. The van der Waals surface area contributed by atoms with E-state index in [-0.39, 0.29) is 41.7 Å². The molecule has 1 aliphatic carbocycles. The summed E-state index contributed by atoms with van der Waals surface area (Å²) in [4.78, 5) is 42.9. The first-order valence-electron chi connectivity index (χ1n) is 18.1. The van der Waals surface area contributed by atoms with Crippen LogP contribution in [0.2, 0.25) is 10.0 Å². The number of hydrogen-bond donors (Lipinski definition) is 2. The van der Waals surface area contributed by atoms with Crippen LogP contribution in [0.15, 0.2) is 126 Å². The van der Waals surface area contributed by atoms with Crippen LogP contribution in [0.4, 0.5) is 10.1 Å². The third kappa shape index (κ3) is 10.5. The summed E-state index contributed by atoms with van der Waals surface area (Å²) in [6, 6.07) is 30.6. The van der Waals surface area contributed by atoms with Crippen LogP contribution in [0.1, 0.15) is 67.9 Å². The molecule has 2 aliphatic rings. The van der Waals surface area contributed by atoms with Crippen LogP contribution < -0.4 is 14.9 Å². The van der Waals surface area contributed by atoms with Crippen LogP contribution in [0.5, 0.6) is 0 Å². The number of pyridine rings is 1. The van der Waals surface area contributed by atoms with E-state index in [1.54, 1.807) is 91.0 Å². The van der Waals surface area contributed by atoms with E-state index < -0.39 is 16.2 Å². The van der Waals surface area contributed by atoms with Gasteiger partial charge in [-0.2, -0.15) is 0 Å². The number of alkyl halides is 1. The lowest BCUT2D eigenvalue weighted by molar-refractivity contribution is 0.0782. The minimum absolute atomic E-state index is 0.0771. The van der Waals surface area contributed by atoms with Gasteiger partial charge in [-0.05, 0) is 110 Å². The van der Waals surface area contributed by atoms with E-state index in [0.717, 1.165) is 30.4 Å². The van der Waals surface area contributed by atoms with Crippen molar-refractivity contribution >= 4 is 56.6 Å². The van der Waals surface area contributed by atoms with E-state index >= 15 is 0 Å². The fourth-order valence-electron chi connectivity index (χ4n) is 6.09. The van der Waals surface area contributed by atoms with E-state index in [2.05, 4.69) is 15.6 Å². The predicted octanol–water partition coefficient (Wildman–Crippen LogP) is 7.87. The summed E-state index contributed by atoms with van der Waals surface area (Å²) in [5.74, 6) is -0.710. The summed E-state index contributed by atoms with van der Waals surface area (Å²) in [6.45, 7) is 0.977. The third-order valence-electron chi connectivity index (χ3n) is 9.45. The Balaban J connectivity index is 0.000000194. The van der Waals surface area contributed by atoms with Crippen molar-refractivity contribution in [1.82, 2.24) is 20.5 Å². The normalized spacial score (nSPS) is 15.2. The number of nitrogens with one attached hydrogen (secondary N) is 2. The number of carbonyl (C=O) groups is 3. The van der Waals surface area contributed by atoms with Gasteiger partial charge in [-0.3, -0.25) is 23.7 Å². The van der Waals surface area contributed by atoms with Crippen molar-refractivity contribution in [3.63, 3.8) is 0 Å². The zero-order valence-corrected chi connectivity index (χ0v) is 32.6. The van der Waals surface area contributed by atoms with Crippen LogP contribution in [-0.2, 0) is 23.1 Å². The molecule has 56 heavy (non-hydrogen) atoms. The fourth-order valence-corrected chi connectivity index (χ4v) is 7.75. The minimum Gasteiger partial charge on any atom is -0.349 e. The highest BCUT2D eigenvalue weighted by atomic mass is 35.5. The van der Waals surface area contributed by atoms with Gasteiger partial charge in [-0.1, -0.05) is 59.6 Å². The van der Waals surface area contributed by atoms with Crippen LogP contribution >= 0.6 is 23.2 Å². The Bertz CT molecular complexity index is 2260. The predicted molar refractivity (Wildman–Crippen MR) is 215 cm³/mol. The van der Waals surface area contributed by atoms with E-state index in [0.29, 0.717) is 51.9 Å². The van der Waals surface area contributed by atoms with Crippen molar-refractivity contribution in [2.45, 2.75) is 55.9 Å². The maximum Gasteiger partial charge on any atom is 0.266 e. The lowest BCUT2D eigenvalue weighted by Gasteiger charge is -2.27. The molecule has 0 unspecified atom stereocenters. The summed E-state index contributed by atoms with van der Waals surface area (Å²) in [7, 11) is -3.92. The van der Waals surface area contributed by atoms with Crippen LogP contribution in [0.25, 0.3) is 0 Å². The largest absolute Gasteiger partial charge is 0.349 e. The molecule has 0 spiro atoms. The lowest BCUT2D eigenvalue weighted by atomic mass is 9.93. The first-order valence-corrected chi connectivity index (χ1v) is 20.3. The van der Waals surface area contributed by atoms with Gasteiger partial charge in [-0.15, -0.1) is 0 Å². The number of benzene rings is 4. The number of nitrogens with zero attached hydrogens (tertiary/aromatic N) is 3. The first kappa shape index (κ1) is 40.4. The number of aromatic nitrogens is 1. The minimum atomic E-state index is -3.92. The van der Waals surface area contributed by atoms with Gasteiger partial charge >= 0.3 is 0 Å². The Morgan fingerprint density at radius 1 is 0.786 bits per heavy atom. The van der Waals surface area contributed by atoms with E-state index in [4.69, 9.17) is 23.2 Å². The summed E-state index contributed by atoms with van der Waals surface area (Å²) in [6.07, 6.45) is 5.31. The molecular weight excluding hydrogens is 776 g/mol. The summed E-state index contributed by atoms with van der Waals surface area (Å²) in [5.41, 5.74) is 3.31. The van der Waals surface area contributed by atoms with Crippen LogP contribution in [-0.4, -0.2) is 61.3 Å². The molecule has 3 amide bonds. The smallest absolute Gasteiger partial charge is 0.266 e. The molecule has 14 heteroatoms. The number of rotatable bonds is 11. The van der Waals surface area contributed by atoms with Crippen molar-refractivity contribution in [1.29, 1.82) is 0 Å². The molecule has 1 aromatic heterocycles. The van der Waals surface area contributed by atoms with E-state index in [1.807, 2.05) is 12.1 Å². The molecule has 10 nitrogen and oxygen atoms in total. The Hall–Kier alpha value is -5.30. The number of sulfonamides is 1. The molecular formula is C42H40Cl2FN5O5S. The van der Waals surface area contributed by atoms with Crippen molar-refractivity contribution in [3.8, 4) is 0 Å².